The van der Waals surface area contributed by atoms with Crippen LogP contribution in [0, 0.1) is 0 Å². The van der Waals surface area contributed by atoms with E-state index < -0.39 is 13.5 Å². The van der Waals surface area contributed by atoms with Gasteiger partial charge in [0.2, 0.25) is 5.91 Å². The lowest BCUT2D eigenvalue weighted by molar-refractivity contribution is 0.0967. The summed E-state index contributed by atoms with van der Waals surface area (Å²) in [6.45, 7) is 0. The van der Waals surface area contributed by atoms with Crippen LogP contribution in [0.3, 0.4) is 0 Å². The predicted octanol–water partition coefficient (Wildman–Crippen LogP) is 2.41. The molecule has 1 aromatic carbocycles. The topological polar surface area (TPSA) is 86.6 Å². The molecule has 0 saturated carbocycles. The second-order valence-corrected chi connectivity index (χ2v) is 6.63. The Kier molecular flexibility index (Phi) is 3.73. The SMILES string of the molecule is CNC(=O)c1cc2cc(C(F)P(=O)(O)O)ccc2s1. The molecule has 0 saturated heterocycles. The third-order valence-corrected chi connectivity index (χ3v) is 4.57. The van der Waals surface area contributed by atoms with Crippen LogP contribution in [0.15, 0.2) is 24.3 Å². The first-order chi connectivity index (χ1) is 8.82. The first-order valence-electron chi connectivity index (χ1n) is 5.28. The van der Waals surface area contributed by atoms with Gasteiger partial charge in [-0.1, -0.05) is 6.07 Å². The standard InChI is InChI=1S/C11H11FNO4PS/c1-13-11(14)9-5-7-4-6(2-3-8(7)19-9)10(12)18(15,16)17/h2-5,10H,1H3,(H,13,14)(H2,15,16,17). The van der Waals surface area contributed by atoms with E-state index in [4.69, 9.17) is 9.79 Å². The zero-order valence-electron chi connectivity index (χ0n) is 9.83. The third kappa shape index (κ3) is 2.84. The van der Waals surface area contributed by atoms with Gasteiger partial charge in [-0.3, -0.25) is 9.36 Å². The number of hydrogen-bond acceptors (Lipinski definition) is 3. The quantitative estimate of drug-likeness (QED) is 0.760. The molecule has 0 fully saturated rings. The van der Waals surface area contributed by atoms with Crippen LogP contribution in [-0.2, 0) is 4.57 Å². The molecule has 0 radical (unpaired) electrons. The molecule has 5 nitrogen and oxygen atoms in total. The van der Waals surface area contributed by atoms with Crippen LogP contribution < -0.4 is 5.32 Å². The van der Waals surface area contributed by atoms with Gasteiger partial charge in [0, 0.05) is 11.7 Å². The molecule has 0 aliphatic heterocycles. The molecule has 1 heterocycles. The predicted molar refractivity (Wildman–Crippen MR) is 71.1 cm³/mol. The third-order valence-electron chi connectivity index (χ3n) is 2.56. The summed E-state index contributed by atoms with van der Waals surface area (Å²) >= 11 is 1.23. The van der Waals surface area contributed by atoms with E-state index >= 15 is 0 Å². The lowest BCUT2D eigenvalue weighted by atomic mass is 10.2. The van der Waals surface area contributed by atoms with Crippen LogP contribution in [-0.4, -0.2) is 22.7 Å². The molecule has 19 heavy (non-hydrogen) atoms. The summed E-state index contributed by atoms with van der Waals surface area (Å²) < 4.78 is 25.2. The van der Waals surface area contributed by atoms with Crippen LogP contribution in [0.4, 0.5) is 4.39 Å². The Balaban J connectivity index is 2.46. The van der Waals surface area contributed by atoms with Gasteiger partial charge in [0.1, 0.15) is 0 Å². The molecule has 1 unspecified atom stereocenters. The van der Waals surface area contributed by atoms with Gasteiger partial charge in [-0.15, -0.1) is 11.3 Å². The molecule has 0 bridgehead atoms. The number of fused-ring (bicyclic) bond motifs is 1. The highest BCUT2D eigenvalue weighted by molar-refractivity contribution is 7.51. The maximum atomic E-state index is 13.6. The van der Waals surface area contributed by atoms with Gasteiger partial charge in [-0.05, 0) is 29.1 Å². The van der Waals surface area contributed by atoms with Crippen LogP contribution in [0.2, 0.25) is 0 Å². The summed E-state index contributed by atoms with van der Waals surface area (Å²) in [6, 6.07) is 5.77. The first-order valence-corrected chi connectivity index (χ1v) is 7.77. The fourth-order valence-electron chi connectivity index (χ4n) is 1.64. The number of alkyl halides is 1. The maximum absolute atomic E-state index is 13.6. The Morgan fingerprint density at radius 3 is 2.68 bits per heavy atom. The number of rotatable bonds is 3. The number of amides is 1. The summed E-state index contributed by atoms with van der Waals surface area (Å²) in [5, 5.41) is 3.06. The zero-order chi connectivity index (χ0) is 14.2. The lowest BCUT2D eigenvalue weighted by Crippen LogP contribution is -2.15. The highest BCUT2D eigenvalue weighted by atomic mass is 32.1. The van der Waals surface area contributed by atoms with Crippen molar-refractivity contribution in [1.82, 2.24) is 5.32 Å². The van der Waals surface area contributed by atoms with Crippen LogP contribution in [0.25, 0.3) is 10.1 Å². The minimum Gasteiger partial charge on any atom is -0.354 e. The number of thiophene rings is 1. The monoisotopic (exact) mass is 303 g/mol. The molecule has 0 aliphatic carbocycles. The normalized spacial score (nSPS) is 13.5. The second kappa shape index (κ2) is 5.02. The highest BCUT2D eigenvalue weighted by Gasteiger charge is 2.30. The van der Waals surface area contributed by atoms with Crippen molar-refractivity contribution < 1.29 is 23.5 Å². The van der Waals surface area contributed by atoms with Crippen LogP contribution >= 0.6 is 18.9 Å². The molecule has 1 amide bonds. The number of nitrogens with one attached hydrogen (secondary N) is 1. The molecular weight excluding hydrogens is 292 g/mol. The molecule has 102 valence electrons. The lowest BCUT2D eigenvalue weighted by Gasteiger charge is -2.09. The van der Waals surface area contributed by atoms with Crippen molar-refractivity contribution >= 4 is 34.9 Å². The van der Waals surface area contributed by atoms with Crippen LogP contribution in [0.5, 0.6) is 0 Å². The minimum atomic E-state index is -4.82. The van der Waals surface area contributed by atoms with Crippen molar-refractivity contribution in [2.24, 2.45) is 0 Å². The Morgan fingerprint density at radius 2 is 2.11 bits per heavy atom. The number of carbonyl (C=O) groups excluding carboxylic acids is 1. The van der Waals surface area contributed by atoms with Gasteiger partial charge in [0.05, 0.1) is 4.88 Å². The molecule has 2 aromatic rings. The van der Waals surface area contributed by atoms with Crippen molar-refractivity contribution in [3.8, 4) is 0 Å². The van der Waals surface area contributed by atoms with Gasteiger partial charge in [-0.2, -0.15) is 0 Å². The van der Waals surface area contributed by atoms with Gasteiger partial charge >= 0.3 is 7.60 Å². The number of hydrogen-bond donors (Lipinski definition) is 3. The summed E-state index contributed by atoms with van der Waals surface area (Å²) in [5.74, 6) is -2.60. The summed E-state index contributed by atoms with van der Waals surface area (Å²) in [7, 11) is -3.31. The average molecular weight is 303 g/mol. The Labute approximate surface area is 112 Å². The van der Waals surface area contributed by atoms with Crippen LogP contribution in [0.1, 0.15) is 21.1 Å². The number of halogens is 1. The molecule has 3 N–H and O–H groups in total. The Hall–Kier alpha value is -1.27. The van der Waals surface area contributed by atoms with Crippen molar-refractivity contribution in [3.05, 3.63) is 34.7 Å². The van der Waals surface area contributed by atoms with E-state index in [2.05, 4.69) is 5.32 Å². The number of benzene rings is 1. The molecule has 2 rings (SSSR count). The highest BCUT2D eigenvalue weighted by Crippen LogP contribution is 2.53. The van der Waals surface area contributed by atoms with E-state index in [1.807, 2.05) is 0 Å². The van der Waals surface area contributed by atoms with Gasteiger partial charge in [0.25, 0.3) is 5.91 Å². The maximum Gasteiger partial charge on any atom is 0.363 e. The Morgan fingerprint density at radius 1 is 1.42 bits per heavy atom. The van der Waals surface area contributed by atoms with E-state index in [0.29, 0.717) is 10.3 Å². The summed E-state index contributed by atoms with van der Waals surface area (Å²) in [4.78, 5) is 29.6. The van der Waals surface area contributed by atoms with Crippen molar-refractivity contribution in [1.29, 1.82) is 0 Å². The average Bonchev–Trinajstić information content (AvgIpc) is 2.78. The molecule has 1 aromatic heterocycles. The molecular formula is C11H11FNO4PS. The molecule has 0 spiro atoms. The summed E-state index contributed by atoms with van der Waals surface area (Å²) in [5.41, 5.74) is -0.0953. The largest absolute Gasteiger partial charge is 0.363 e. The second-order valence-electron chi connectivity index (χ2n) is 3.91. The van der Waals surface area contributed by atoms with E-state index in [1.54, 1.807) is 12.1 Å². The van der Waals surface area contributed by atoms with E-state index in [0.717, 1.165) is 4.70 Å². The molecule has 1 atom stereocenters. The first kappa shape index (κ1) is 14.1. The smallest absolute Gasteiger partial charge is 0.354 e. The molecule has 8 heteroatoms. The van der Waals surface area contributed by atoms with Crippen molar-refractivity contribution in [2.75, 3.05) is 7.05 Å². The molecule has 0 aliphatic rings. The van der Waals surface area contributed by atoms with E-state index in [-0.39, 0.29) is 11.5 Å². The fourth-order valence-corrected chi connectivity index (χ4v) is 3.18. The Bertz CT molecular complexity index is 680. The van der Waals surface area contributed by atoms with E-state index in [1.165, 1.54) is 30.5 Å². The van der Waals surface area contributed by atoms with Crippen molar-refractivity contribution in [3.63, 3.8) is 0 Å². The minimum absolute atomic E-state index is 0.0953. The van der Waals surface area contributed by atoms with Gasteiger partial charge in [-0.25, -0.2) is 4.39 Å². The van der Waals surface area contributed by atoms with Gasteiger partial charge in [0.15, 0.2) is 0 Å². The fraction of sp³-hybridized carbons (Fsp3) is 0.182. The zero-order valence-corrected chi connectivity index (χ0v) is 11.5. The van der Waals surface area contributed by atoms with E-state index in [9.17, 15) is 13.8 Å². The van der Waals surface area contributed by atoms with Crippen molar-refractivity contribution in [2.45, 2.75) is 5.91 Å². The number of carbonyl (C=O) groups is 1. The summed E-state index contributed by atoms with van der Waals surface area (Å²) in [6.07, 6.45) is 0. The van der Waals surface area contributed by atoms with Gasteiger partial charge < -0.3 is 15.1 Å².